The highest BCUT2D eigenvalue weighted by Crippen LogP contribution is 2.27. The molecule has 1 N–H and O–H groups in total. The van der Waals surface area contributed by atoms with E-state index in [1.807, 2.05) is 18.3 Å². The second kappa shape index (κ2) is 16.7. The third-order valence-corrected chi connectivity index (χ3v) is 5.86. The molecule has 0 fully saturated rings. The fourth-order valence-corrected chi connectivity index (χ4v) is 3.39. The molecule has 0 saturated carbocycles. The minimum absolute atomic E-state index is 0.124. The molecule has 0 spiro atoms. The molecular formula is C25H35Cl2F3N2O. The minimum Gasteiger partial charge on any atom is -0.369 e. The molecule has 0 saturated heterocycles. The Kier molecular flexibility index (Phi) is 15.7. The van der Waals surface area contributed by atoms with E-state index in [-0.39, 0.29) is 12.1 Å². The highest BCUT2D eigenvalue weighted by atomic mass is 35.5. The molecule has 1 unspecified atom stereocenters. The summed E-state index contributed by atoms with van der Waals surface area (Å²) in [6.45, 7) is 16.7. The van der Waals surface area contributed by atoms with Gasteiger partial charge in [0, 0.05) is 30.9 Å². The Bertz CT molecular complexity index is 803. The van der Waals surface area contributed by atoms with E-state index in [2.05, 4.69) is 39.2 Å². The normalized spacial score (nSPS) is 13.0. The molecule has 1 aromatic carbocycles. The highest BCUT2D eigenvalue weighted by molar-refractivity contribution is 6.36. The summed E-state index contributed by atoms with van der Waals surface area (Å²) < 4.78 is 37.1. The molecule has 1 aromatic rings. The molecule has 3 nitrogen and oxygen atoms in total. The van der Waals surface area contributed by atoms with Gasteiger partial charge < -0.3 is 10.2 Å². The fourth-order valence-electron chi connectivity index (χ4n) is 2.90. The second-order valence-corrected chi connectivity index (χ2v) is 8.72. The van der Waals surface area contributed by atoms with Crippen LogP contribution in [0, 0.1) is 29.3 Å². The lowest BCUT2D eigenvalue weighted by molar-refractivity contribution is -0.105. The van der Waals surface area contributed by atoms with Crippen molar-refractivity contribution in [1.29, 1.82) is 0 Å². The van der Waals surface area contributed by atoms with E-state index in [0.29, 0.717) is 22.2 Å². The Morgan fingerprint density at radius 1 is 1.15 bits per heavy atom. The third kappa shape index (κ3) is 11.2. The molecule has 0 radical (unpaired) electrons. The Morgan fingerprint density at radius 3 is 2.15 bits per heavy atom. The molecule has 8 heteroatoms. The number of amides is 1. The van der Waals surface area contributed by atoms with E-state index in [0.717, 1.165) is 43.5 Å². The van der Waals surface area contributed by atoms with E-state index in [1.165, 1.54) is 6.42 Å². The smallest absolute Gasteiger partial charge is 0.211 e. The fraction of sp³-hybridized carbons (Fsp3) is 0.480. The van der Waals surface area contributed by atoms with Gasteiger partial charge in [-0.1, -0.05) is 63.6 Å². The van der Waals surface area contributed by atoms with Gasteiger partial charge >= 0.3 is 0 Å². The molecule has 0 aliphatic rings. The van der Waals surface area contributed by atoms with E-state index in [9.17, 15) is 18.0 Å². The summed E-state index contributed by atoms with van der Waals surface area (Å²) >= 11 is 12.7. The zero-order valence-corrected chi connectivity index (χ0v) is 21.5. The van der Waals surface area contributed by atoms with Crippen molar-refractivity contribution in [3.63, 3.8) is 0 Å². The van der Waals surface area contributed by atoms with Crippen LogP contribution in [0.3, 0.4) is 0 Å². The van der Waals surface area contributed by atoms with Crippen LogP contribution in [0.15, 0.2) is 46.6 Å². The molecule has 0 aliphatic carbocycles. The molecule has 0 aliphatic heterocycles. The molecule has 33 heavy (non-hydrogen) atoms. The van der Waals surface area contributed by atoms with Crippen molar-refractivity contribution in [2.24, 2.45) is 11.8 Å². The lowest BCUT2D eigenvalue weighted by Gasteiger charge is -2.28. The van der Waals surface area contributed by atoms with Gasteiger partial charge in [-0.3, -0.25) is 4.79 Å². The van der Waals surface area contributed by atoms with Crippen LogP contribution < -0.4 is 5.32 Å². The number of allylic oxidation sites excluding steroid dienone is 4. The Labute approximate surface area is 206 Å². The van der Waals surface area contributed by atoms with Crippen LogP contribution in [0.5, 0.6) is 0 Å². The van der Waals surface area contributed by atoms with Crippen molar-refractivity contribution in [3.05, 3.63) is 64.1 Å². The molecule has 1 atom stereocenters. The number of carbonyl (C=O) groups excluding carboxylic acids is 1. The molecule has 0 bridgehead atoms. The van der Waals surface area contributed by atoms with Crippen LogP contribution in [-0.4, -0.2) is 24.4 Å². The van der Waals surface area contributed by atoms with Gasteiger partial charge in [-0.2, -0.15) is 0 Å². The Balaban J connectivity index is 0.000000716. The van der Waals surface area contributed by atoms with Crippen molar-refractivity contribution in [1.82, 2.24) is 4.90 Å². The number of nitrogens with zero attached hydrogens (tertiary/aromatic N) is 1. The first-order chi connectivity index (χ1) is 15.5. The Hall–Kier alpha value is -1.92. The van der Waals surface area contributed by atoms with Gasteiger partial charge in [-0.15, -0.1) is 0 Å². The lowest BCUT2D eigenvalue weighted by atomic mass is 9.93. The number of halogens is 5. The number of nitrogens with one attached hydrogen (secondary N) is 1. The zero-order valence-electron chi connectivity index (χ0n) is 20.0. The number of benzene rings is 1. The topological polar surface area (TPSA) is 32.3 Å². The number of hydrogen-bond donors (Lipinski definition) is 1. The van der Waals surface area contributed by atoms with Crippen molar-refractivity contribution < 1.29 is 18.0 Å². The predicted octanol–water partition coefficient (Wildman–Crippen LogP) is 8.22. The molecule has 0 aromatic heterocycles. The summed E-state index contributed by atoms with van der Waals surface area (Å²) in [6.07, 6.45) is 7.25. The van der Waals surface area contributed by atoms with Crippen molar-refractivity contribution in [2.45, 2.75) is 53.9 Å². The molecular weight excluding hydrogens is 472 g/mol. The van der Waals surface area contributed by atoms with E-state index >= 15 is 0 Å². The van der Waals surface area contributed by atoms with Gasteiger partial charge in [0.1, 0.15) is 0 Å². The van der Waals surface area contributed by atoms with Crippen LogP contribution in [0.1, 0.15) is 53.9 Å². The SMILES string of the molecule is C=C/C(Cl)=C(\C(Cl)=C/C)N(CCC)CCCC(C)C(C)C.O=CNc1cc(F)c(F)c(F)c1. The van der Waals surface area contributed by atoms with Crippen LogP contribution in [-0.2, 0) is 4.79 Å². The molecule has 0 heterocycles. The van der Waals surface area contributed by atoms with E-state index in [4.69, 9.17) is 23.2 Å². The van der Waals surface area contributed by atoms with Crippen LogP contribution in [0.4, 0.5) is 18.9 Å². The number of rotatable bonds is 12. The quantitative estimate of drug-likeness (QED) is 0.176. The third-order valence-electron chi connectivity index (χ3n) is 5.13. The summed E-state index contributed by atoms with van der Waals surface area (Å²) in [5.74, 6) is -2.74. The van der Waals surface area contributed by atoms with Crippen molar-refractivity contribution in [2.75, 3.05) is 18.4 Å². The van der Waals surface area contributed by atoms with Gasteiger partial charge in [-0.25, -0.2) is 13.2 Å². The first kappa shape index (κ1) is 31.1. The van der Waals surface area contributed by atoms with Crippen LogP contribution in [0.2, 0.25) is 0 Å². The zero-order chi connectivity index (χ0) is 25.6. The summed E-state index contributed by atoms with van der Waals surface area (Å²) in [4.78, 5) is 12.1. The summed E-state index contributed by atoms with van der Waals surface area (Å²) in [6, 6.07) is 1.37. The summed E-state index contributed by atoms with van der Waals surface area (Å²) in [5, 5.41) is 3.32. The average Bonchev–Trinajstić information content (AvgIpc) is 2.77. The maximum Gasteiger partial charge on any atom is 0.211 e. The first-order valence-corrected chi connectivity index (χ1v) is 11.7. The van der Waals surface area contributed by atoms with Gasteiger partial charge in [-0.05, 0) is 44.1 Å². The average molecular weight is 507 g/mol. The maximum absolute atomic E-state index is 12.4. The van der Waals surface area contributed by atoms with Gasteiger partial charge in [0.15, 0.2) is 17.5 Å². The standard InChI is InChI=1S/C18H31Cl2N.C7H4F3NO/c1-7-12-21(13-10-11-15(6)14(4)5)18(16(19)8-2)17(20)9-3;8-5-1-4(11-3-12)2-6(9)7(5)10/h8-9,14-15H,2,7,10-13H2,1,3-6H3;1-3H,(H,11,12)/b17-9+,18-16-;. The summed E-state index contributed by atoms with van der Waals surface area (Å²) in [7, 11) is 0. The maximum atomic E-state index is 12.4. The van der Waals surface area contributed by atoms with Gasteiger partial charge in [0.2, 0.25) is 6.41 Å². The van der Waals surface area contributed by atoms with Crippen LogP contribution in [0.25, 0.3) is 0 Å². The largest absolute Gasteiger partial charge is 0.369 e. The van der Waals surface area contributed by atoms with Crippen LogP contribution >= 0.6 is 23.2 Å². The predicted molar refractivity (Wildman–Crippen MR) is 134 cm³/mol. The number of hydrogen-bond acceptors (Lipinski definition) is 2. The minimum atomic E-state index is -1.55. The molecule has 186 valence electrons. The summed E-state index contributed by atoms with van der Waals surface area (Å²) in [5.41, 5.74) is 0.788. The second-order valence-electron chi connectivity index (χ2n) is 7.90. The molecule has 1 amide bonds. The van der Waals surface area contributed by atoms with E-state index in [1.54, 1.807) is 6.08 Å². The lowest BCUT2D eigenvalue weighted by Crippen LogP contribution is -2.26. The Morgan fingerprint density at radius 2 is 1.73 bits per heavy atom. The monoisotopic (exact) mass is 506 g/mol. The number of anilines is 1. The van der Waals surface area contributed by atoms with Gasteiger partial charge in [0.05, 0.1) is 15.8 Å². The van der Waals surface area contributed by atoms with Crippen molar-refractivity contribution >= 4 is 35.3 Å². The van der Waals surface area contributed by atoms with Gasteiger partial charge in [0.25, 0.3) is 0 Å². The first-order valence-electron chi connectivity index (χ1n) is 11.0. The molecule has 1 rings (SSSR count). The number of carbonyl (C=O) groups is 1. The van der Waals surface area contributed by atoms with Crippen molar-refractivity contribution in [3.8, 4) is 0 Å². The highest BCUT2D eigenvalue weighted by Gasteiger charge is 2.16. The van der Waals surface area contributed by atoms with E-state index < -0.39 is 17.5 Å².